The van der Waals surface area contributed by atoms with Gasteiger partial charge in [0.15, 0.2) is 0 Å². The van der Waals surface area contributed by atoms with Crippen LogP contribution in [0.15, 0.2) is 199 Å². The average Bonchev–Trinajstić information content (AvgIpc) is 3.60. The van der Waals surface area contributed by atoms with Crippen molar-refractivity contribution in [1.29, 1.82) is 0 Å². The van der Waals surface area contributed by atoms with Gasteiger partial charge in [0.25, 0.3) is 0 Å². The highest BCUT2D eigenvalue weighted by Crippen LogP contribution is 2.47. The predicted molar refractivity (Wildman–Crippen MR) is 225 cm³/mol. The van der Waals surface area contributed by atoms with E-state index >= 15 is 0 Å². The minimum Gasteiger partial charge on any atom is -0.456 e. The summed E-state index contributed by atoms with van der Waals surface area (Å²) in [6.45, 7) is 0. The monoisotopic (exact) mass is 672 g/mol. The van der Waals surface area contributed by atoms with Gasteiger partial charge in [0.1, 0.15) is 11.2 Å². The first-order chi connectivity index (χ1) is 26.3. The molecule has 0 bridgehead atoms. The van der Waals surface area contributed by atoms with Crippen LogP contribution < -0.4 is 0 Å². The van der Waals surface area contributed by atoms with E-state index in [9.17, 15) is 0 Å². The second kappa shape index (κ2) is 11.8. The lowest BCUT2D eigenvalue weighted by atomic mass is 9.83. The van der Waals surface area contributed by atoms with Crippen LogP contribution in [0, 0.1) is 0 Å². The third-order valence-electron chi connectivity index (χ3n) is 11.0. The molecule has 0 atom stereocenters. The predicted octanol–water partition coefficient (Wildman–Crippen LogP) is 14.9. The van der Waals surface area contributed by atoms with E-state index in [0.29, 0.717) is 0 Å². The lowest BCUT2D eigenvalue weighted by Gasteiger charge is -2.20. The summed E-state index contributed by atoms with van der Waals surface area (Å²) in [7, 11) is 0. The van der Waals surface area contributed by atoms with Gasteiger partial charge in [-0.15, -0.1) is 0 Å². The van der Waals surface area contributed by atoms with Crippen molar-refractivity contribution in [2.45, 2.75) is 0 Å². The molecule has 0 spiro atoms. The first-order valence-electron chi connectivity index (χ1n) is 18.3. The van der Waals surface area contributed by atoms with Crippen LogP contribution in [0.3, 0.4) is 0 Å². The maximum atomic E-state index is 6.21. The zero-order valence-electron chi connectivity index (χ0n) is 28.9. The van der Waals surface area contributed by atoms with Crippen LogP contribution in [0.1, 0.15) is 0 Å². The first kappa shape index (κ1) is 29.7. The first-order valence-corrected chi connectivity index (χ1v) is 18.3. The maximum absolute atomic E-state index is 6.21. The van der Waals surface area contributed by atoms with Crippen molar-refractivity contribution in [3.63, 3.8) is 0 Å². The molecule has 11 aromatic rings. The Morgan fingerprint density at radius 1 is 0.245 bits per heavy atom. The fourth-order valence-electron chi connectivity index (χ4n) is 8.71. The quantitative estimate of drug-likeness (QED) is 0.134. The third kappa shape index (κ3) is 4.64. The van der Waals surface area contributed by atoms with Gasteiger partial charge in [0.2, 0.25) is 0 Å². The largest absolute Gasteiger partial charge is 0.456 e. The minimum atomic E-state index is 0.909. The standard InChI is InChI=1S/C52H32O/c1-2-17-37-34(14-1)31-47(40-20-5-4-19-39(37)40)33-15-13-16-36(30-33)51-43-23-7-9-25-45(43)52(46-26-10-8-24-44(46)51)42-22-6-3-18-38(42)35-28-29-50-48(32-35)41-21-11-12-27-49(41)53-50/h1-32H. The number of hydrogen-bond acceptors (Lipinski definition) is 1. The molecule has 11 rings (SSSR count). The smallest absolute Gasteiger partial charge is 0.135 e. The van der Waals surface area contributed by atoms with Crippen LogP contribution >= 0.6 is 0 Å². The van der Waals surface area contributed by atoms with Crippen LogP contribution in [0.5, 0.6) is 0 Å². The highest BCUT2D eigenvalue weighted by atomic mass is 16.3. The maximum Gasteiger partial charge on any atom is 0.135 e. The van der Waals surface area contributed by atoms with Crippen molar-refractivity contribution < 1.29 is 4.42 Å². The molecule has 0 unspecified atom stereocenters. The Bertz CT molecular complexity index is 3180. The highest BCUT2D eigenvalue weighted by Gasteiger charge is 2.20. The molecular weight excluding hydrogens is 641 g/mol. The molecule has 1 nitrogen and oxygen atoms in total. The molecule has 0 radical (unpaired) electrons. The van der Waals surface area contributed by atoms with E-state index in [4.69, 9.17) is 4.42 Å². The summed E-state index contributed by atoms with van der Waals surface area (Å²) in [6, 6.07) is 70.7. The summed E-state index contributed by atoms with van der Waals surface area (Å²) in [5.74, 6) is 0. The average molecular weight is 673 g/mol. The number of furan rings is 1. The van der Waals surface area contributed by atoms with E-state index in [2.05, 4.69) is 182 Å². The molecule has 1 heteroatoms. The van der Waals surface area contributed by atoms with Gasteiger partial charge < -0.3 is 4.42 Å². The number of fused-ring (bicyclic) bond motifs is 8. The molecule has 53 heavy (non-hydrogen) atoms. The zero-order chi connectivity index (χ0) is 34.9. The minimum absolute atomic E-state index is 0.909. The molecule has 0 amide bonds. The Morgan fingerprint density at radius 3 is 1.53 bits per heavy atom. The van der Waals surface area contributed by atoms with Gasteiger partial charge in [-0.25, -0.2) is 0 Å². The van der Waals surface area contributed by atoms with Crippen LogP contribution in [-0.2, 0) is 0 Å². The molecular formula is C52H32O. The Balaban J connectivity index is 1.15. The second-order valence-electron chi connectivity index (χ2n) is 14.0. The molecule has 1 heterocycles. The van der Waals surface area contributed by atoms with Gasteiger partial charge >= 0.3 is 0 Å². The summed E-state index contributed by atoms with van der Waals surface area (Å²) in [6.07, 6.45) is 0. The Kier molecular flexibility index (Phi) is 6.62. The molecule has 1 aromatic heterocycles. The van der Waals surface area contributed by atoms with E-state index in [1.165, 1.54) is 87.6 Å². The van der Waals surface area contributed by atoms with Crippen molar-refractivity contribution in [2.75, 3.05) is 0 Å². The second-order valence-corrected chi connectivity index (χ2v) is 14.0. The van der Waals surface area contributed by atoms with Gasteiger partial charge in [-0.2, -0.15) is 0 Å². The van der Waals surface area contributed by atoms with Crippen LogP contribution in [0.4, 0.5) is 0 Å². The Morgan fingerprint density at radius 2 is 0.774 bits per heavy atom. The summed E-state index contributed by atoms with van der Waals surface area (Å²) >= 11 is 0. The SMILES string of the molecule is c1cc(-c2c3ccccc3c(-c3ccccc3-c3ccc4oc5ccccc5c4c3)c3ccccc23)cc(-c2cc3ccccc3c3ccccc23)c1. The van der Waals surface area contributed by atoms with Crippen molar-refractivity contribution in [2.24, 2.45) is 0 Å². The molecule has 0 N–H and O–H groups in total. The van der Waals surface area contributed by atoms with E-state index in [0.717, 1.165) is 21.9 Å². The van der Waals surface area contributed by atoms with Crippen molar-refractivity contribution in [1.82, 2.24) is 0 Å². The summed E-state index contributed by atoms with van der Waals surface area (Å²) in [4.78, 5) is 0. The van der Waals surface area contributed by atoms with Crippen molar-refractivity contribution in [3.05, 3.63) is 194 Å². The van der Waals surface area contributed by atoms with Gasteiger partial charge in [-0.05, 0) is 118 Å². The summed E-state index contributed by atoms with van der Waals surface area (Å²) in [5.41, 5.74) is 11.6. The summed E-state index contributed by atoms with van der Waals surface area (Å²) in [5, 5.41) is 12.3. The fraction of sp³-hybridized carbons (Fsp3) is 0. The molecule has 0 aliphatic heterocycles. The molecule has 0 saturated carbocycles. The normalized spacial score (nSPS) is 11.8. The van der Waals surface area contributed by atoms with E-state index in [1.807, 2.05) is 12.1 Å². The van der Waals surface area contributed by atoms with Gasteiger partial charge in [-0.3, -0.25) is 0 Å². The molecule has 10 aromatic carbocycles. The van der Waals surface area contributed by atoms with Gasteiger partial charge in [-0.1, -0.05) is 164 Å². The lowest BCUT2D eigenvalue weighted by molar-refractivity contribution is 0.669. The highest BCUT2D eigenvalue weighted by molar-refractivity contribution is 6.23. The lowest BCUT2D eigenvalue weighted by Crippen LogP contribution is -1.93. The van der Waals surface area contributed by atoms with E-state index in [-0.39, 0.29) is 0 Å². The number of hydrogen-bond donors (Lipinski definition) is 0. The Hall–Kier alpha value is -6.96. The van der Waals surface area contributed by atoms with Crippen LogP contribution in [-0.4, -0.2) is 0 Å². The fourth-order valence-corrected chi connectivity index (χ4v) is 8.71. The molecule has 0 aliphatic carbocycles. The zero-order valence-corrected chi connectivity index (χ0v) is 28.9. The van der Waals surface area contributed by atoms with Gasteiger partial charge in [0, 0.05) is 10.8 Å². The van der Waals surface area contributed by atoms with Crippen molar-refractivity contribution >= 4 is 65.0 Å². The molecule has 246 valence electrons. The Labute approximate surface area is 307 Å². The van der Waals surface area contributed by atoms with Crippen molar-refractivity contribution in [3.8, 4) is 44.5 Å². The molecule has 0 fully saturated rings. The molecule has 0 aliphatic rings. The molecule has 0 saturated heterocycles. The topological polar surface area (TPSA) is 13.1 Å². The number of para-hydroxylation sites is 1. The van der Waals surface area contributed by atoms with Crippen LogP contribution in [0.2, 0.25) is 0 Å². The number of rotatable bonds is 4. The van der Waals surface area contributed by atoms with E-state index in [1.54, 1.807) is 0 Å². The number of benzene rings is 10. The van der Waals surface area contributed by atoms with Gasteiger partial charge in [0.05, 0.1) is 0 Å². The third-order valence-corrected chi connectivity index (χ3v) is 11.0. The summed E-state index contributed by atoms with van der Waals surface area (Å²) < 4.78 is 6.21. The van der Waals surface area contributed by atoms with E-state index < -0.39 is 0 Å². The van der Waals surface area contributed by atoms with Crippen LogP contribution in [0.25, 0.3) is 110 Å².